The predicted octanol–water partition coefficient (Wildman–Crippen LogP) is 16.5. The Morgan fingerprint density at radius 3 is 1.77 bits per heavy atom. The third-order valence-corrected chi connectivity index (χ3v) is 12.6. The van der Waals surface area contributed by atoms with Gasteiger partial charge in [0, 0.05) is 66.0 Å². The van der Waals surface area contributed by atoms with Crippen molar-refractivity contribution in [3.05, 3.63) is 218 Å². The zero-order valence-corrected chi connectivity index (χ0v) is 33.5. The molecule has 0 aliphatic carbocycles. The Balaban J connectivity index is 0.991. The molecule has 290 valence electrons. The molecule has 4 nitrogen and oxygen atoms in total. The summed E-state index contributed by atoms with van der Waals surface area (Å²) in [5.74, 6) is 0. The monoisotopic (exact) mass is 792 g/mol. The van der Waals surface area contributed by atoms with Crippen LogP contribution in [-0.2, 0) is 0 Å². The largest absolute Gasteiger partial charge is 0.455 e. The van der Waals surface area contributed by atoms with Crippen LogP contribution in [0.15, 0.2) is 227 Å². The third-order valence-electron chi connectivity index (χ3n) is 12.6. The lowest BCUT2D eigenvalue weighted by Gasteiger charge is -2.27. The van der Waals surface area contributed by atoms with Gasteiger partial charge in [-0.1, -0.05) is 146 Å². The zero-order chi connectivity index (χ0) is 40.7. The van der Waals surface area contributed by atoms with Crippen molar-refractivity contribution < 1.29 is 8.83 Å². The fourth-order valence-corrected chi connectivity index (χ4v) is 9.79. The van der Waals surface area contributed by atoms with Crippen molar-refractivity contribution in [2.75, 3.05) is 4.90 Å². The quantitative estimate of drug-likeness (QED) is 0.168. The van der Waals surface area contributed by atoms with Gasteiger partial charge in [0.15, 0.2) is 0 Å². The summed E-state index contributed by atoms with van der Waals surface area (Å²) in [5, 5.41) is 9.25. The molecule has 62 heavy (non-hydrogen) atoms. The van der Waals surface area contributed by atoms with Gasteiger partial charge in [-0.05, 0) is 94.9 Å². The Labute approximate surface area is 356 Å². The van der Waals surface area contributed by atoms with E-state index < -0.39 is 0 Å². The summed E-state index contributed by atoms with van der Waals surface area (Å²) >= 11 is 0. The predicted molar refractivity (Wildman–Crippen MR) is 258 cm³/mol. The van der Waals surface area contributed by atoms with Crippen molar-refractivity contribution in [3.8, 4) is 27.9 Å². The van der Waals surface area contributed by atoms with Crippen LogP contribution in [0.1, 0.15) is 0 Å². The first-order chi connectivity index (χ1) is 30.7. The number of benzene rings is 10. The number of fused-ring (bicyclic) bond motifs is 11. The first kappa shape index (κ1) is 34.5. The van der Waals surface area contributed by atoms with E-state index in [1.165, 1.54) is 27.2 Å². The molecule has 3 heterocycles. The van der Waals surface area contributed by atoms with Crippen molar-refractivity contribution in [2.45, 2.75) is 0 Å². The van der Waals surface area contributed by atoms with Crippen LogP contribution in [0.4, 0.5) is 17.1 Å². The van der Waals surface area contributed by atoms with Gasteiger partial charge in [0.2, 0.25) is 0 Å². The van der Waals surface area contributed by atoms with Crippen LogP contribution in [0.5, 0.6) is 0 Å². The molecule has 0 aliphatic rings. The molecule has 0 fully saturated rings. The number of aromatic nitrogens is 1. The Kier molecular flexibility index (Phi) is 7.57. The molecule has 0 bridgehead atoms. The average Bonchev–Trinajstić information content (AvgIpc) is 4.02. The molecule has 0 atom stereocenters. The van der Waals surface area contributed by atoms with E-state index in [-0.39, 0.29) is 0 Å². The van der Waals surface area contributed by atoms with E-state index in [1.807, 2.05) is 12.1 Å². The molecule has 0 saturated carbocycles. The highest BCUT2D eigenvalue weighted by Gasteiger charge is 2.20. The van der Waals surface area contributed by atoms with Crippen molar-refractivity contribution in [3.63, 3.8) is 0 Å². The smallest absolute Gasteiger partial charge is 0.143 e. The SMILES string of the molecule is c1cc(-c2cccc3oc4c5ccccc5ccc4c23)cc(N(c2ccc(-c3cccc4c3oc3ccccc34)cc2)c2cccc(-n3c4ccccc4c4ccccc43)c2)c1. The number of para-hydroxylation sites is 4. The van der Waals surface area contributed by atoms with E-state index in [0.29, 0.717) is 0 Å². The van der Waals surface area contributed by atoms with E-state index >= 15 is 0 Å². The Bertz CT molecular complexity index is 3830. The lowest BCUT2D eigenvalue weighted by Crippen LogP contribution is -2.10. The summed E-state index contributed by atoms with van der Waals surface area (Å²) in [6.07, 6.45) is 0. The second kappa shape index (κ2) is 13.6. The number of anilines is 3. The highest BCUT2D eigenvalue weighted by atomic mass is 16.3. The maximum atomic E-state index is 6.63. The zero-order valence-electron chi connectivity index (χ0n) is 33.5. The molecule has 13 rings (SSSR count). The molecule has 0 spiro atoms. The Morgan fingerprint density at radius 1 is 0.339 bits per heavy atom. The van der Waals surface area contributed by atoms with Crippen LogP contribution in [0.2, 0.25) is 0 Å². The highest BCUT2D eigenvalue weighted by molar-refractivity contribution is 6.19. The van der Waals surface area contributed by atoms with Gasteiger partial charge in [-0.3, -0.25) is 0 Å². The first-order valence-corrected chi connectivity index (χ1v) is 21.1. The van der Waals surface area contributed by atoms with Crippen LogP contribution >= 0.6 is 0 Å². The molecule has 3 aromatic heterocycles. The third kappa shape index (κ3) is 5.27. The maximum absolute atomic E-state index is 6.63. The van der Waals surface area contributed by atoms with Crippen molar-refractivity contribution in [1.29, 1.82) is 0 Å². The van der Waals surface area contributed by atoms with Crippen LogP contribution in [0, 0.1) is 0 Å². The van der Waals surface area contributed by atoms with Crippen LogP contribution < -0.4 is 4.90 Å². The second-order valence-corrected chi connectivity index (χ2v) is 16.0. The summed E-state index contributed by atoms with van der Waals surface area (Å²) in [6.45, 7) is 0. The summed E-state index contributed by atoms with van der Waals surface area (Å²) < 4.78 is 15.5. The van der Waals surface area contributed by atoms with Gasteiger partial charge in [0.1, 0.15) is 22.3 Å². The molecule has 4 heteroatoms. The molecule has 0 N–H and O–H groups in total. The van der Waals surface area contributed by atoms with Gasteiger partial charge in [-0.15, -0.1) is 0 Å². The van der Waals surface area contributed by atoms with E-state index in [1.54, 1.807) is 0 Å². The van der Waals surface area contributed by atoms with Crippen LogP contribution in [-0.4, -0.2) is 4.57 Å². The summed E-state index contributed by atoms with van der Waals surface area (Å²) in [6, 6.07) is 78.0. The number of hydrogen-bond donors (Lipinski definition) is 0. The normalized spacial score (nSPS) is 11.9. The van der Waals surface area contributed by atoms with E-state index in [0.717, 1.165) is 94.3 Å². The minimum absolute atomic E-state index is 0.880. The molecule has 0 radical (unpaired) electrons. The lowest BCUT2D eigenvalue weighted by atomic mass is 9.97. The number of nitrogens with zero attached hydrogens (tertiary/aromatic N) is 2. The topological polar surface area (TPSA) is 34.5 Å². The molecule has 0 unspecified atom stereocenters. The molecule has 0 aliphatic heterocycles. The van der Waals surface area contributed by atoms with Gasteiger partial charge in [0.05, 0.1) is 11.0 Å². The van der Waals surface area contributed by atoms with Crippen LogP contribution in [0.25, 0.3) is 104 Å². The number of furan rings is 2. The molecule has 13 aromatic rings. The van der Waals surface area contributed by atoms with Gasteiger partial charge < -0.3 is 18.3 Å². The molecule has 0 saturated heterocycles. The van der Waals surface area contributed by atoms with E-state index in [9.17, 15) is 0 Å². The fourth-order valence-electron chi connectivity index (χ4n) is 9.79. The van der Waals surface area contributed by atoms with Crippen LogP contribution in [0.3, 0.4) is 0 Å². The second-order valence-electron chi connectivity index (χ2n) is 16.0. The van der Waals surface area contributed by atoms with E-state index in [4.69, 9.17) is 8.83 Å². The lowest BCUT2D eigenvalue weighted by molar-refractivity contribution is 0.670. The van der Waals surface area contributed by atoms with Gasteiger partial charge in [-0.25, -0.2) is 0 Å². The standard InChI is InChI=1S/C58H36N2O2/c1-2-18-45-37(13-1)31-34-51-56-44(22-12-28-55(56)62-58(45)51)39-14-9-15-41(35-39)59(40-32-29-38(30-33-40)46-23-11-24-50-49-21-5-8-27-54(49)61-57(46)50)42-16-10-17-43(36-42)60-52-25-6-3-19-47(52)48-20-4-7-26-53(48)60/h1-36H. The fraction of sp³-hybridized carbons (Fsp3) is 0. The summed E-state index contributed by atoms with van der Waals surface area (Å²) in [7, 11) is 0. The Hall–Kier alpha value is -8.34. The van der Waals surface area contributed by atoms with Gasteiger partial charge in [-0.2, -0.15) is 0 Å². The highest BCUT2D eigenvalue weighted by Crippen LogP contribution is 2.44. The summed E-state index contributed by atoms with van der Waals surface area (Å²) in [5.41, 5.74) is 14.6. The molecular formula is C58H36N2O2. The van der Waals surface area contributed by atoms with Gasteiger partial charge >= 0.3 is 0 Å². The molecule has 10 aromatic carbocycles. The minimum Gasteiger partial charge on any atom is -0.455 e. The van der Waals surface area contributed by atoms with Crippen molar-refractivity contribution >= 4 is 93.5 Å². The number of rotatable bonds is 6. The van der Waals surface area contributed by atoms with E-state index in [2.05, 4.69) is 216 Å². The Morgan fingerprint density at radius 2 is 0.952 bits per heavy atom. The molecular weight excluding hydrogens is 757 g/mol. The maximum Gasteiger partial charge on any atom is 0.143 e. The first-order valence-electron chi connectivity index (χ1n) is 21.1. The van der Waals surface area contributed by atoms with Crippen molar-refractivity contribution in [2.24, 2.45) is 0 Å². The van der Waals surface area contributed by atoms with Gasteiger partial charge in [0.25, 0.3) is 0 Å². The molecule has 0 amide bonds. The summed E-state index contributed by atoms with van der Waals surface area (Å²) in [4.78, 5) is 2.37. The number of hydrogen-bond acceptors (Lipinski definition) is 3. The van der Waals surface area contributed by atoms with Crippen molar-refractivity contribution in [1.82, 2.24) is 4.57 Å². The average molecular weight is 793 g/mol. The minimum atomic E-state index is 0.880.